The molecule has 0 bridgehead atoms. The molecule has 1 aliphatic carbocycles. The minimum Gasteiger partial charge on any atom is -0.481 e. The summed E-state index contributed by atoms with van der Waals surface area (Å²) in [5.41, 5.74) is 0.127. The number of carboxylic acid groups (broad SMARTS) is 1. The third-order valence-corrected chi connectivity index (χ3v) is 3.64. The van der Waals surface area contributed by atoms with E-state index in [1.807, 2.05) is 14.1 Å². The van der Waals surface area contributed by atoms with Crippen LogP contribution in [0, 0.1) is 0 Å². The summed E-state index contributed by atoms with van der Waals surface area (Å²) >= 11 is 0. The molecule has 98 valence electrons. The van der Waals surface area contributed by atoms with Crippen LogP contribution in [0.15, 0.2) is 0 Å². The van der Waals surface area contributed by atoms with Crippen LogP contribution in [-0.4, -0.2) is 48.1 Å². The third kappa shape index (κ3) is 4.00. The van der Waals surface area contributed by atoms with Gasteiger partial charge >= 0.3 is 5.97 Å². The van der Waals surface area contributed by atoms with E-state index in [0.717, 1.165) is 12.8 Å². The Labute approximate surface area is 102 Å². The Balaban J connectivity index is 2.21. The van der Waals surface area contributed by atoms with E-state index in [2.05, 4.69) is 10.2 Å². The maximum atomic E-state index is 11.5. The lowest BCUT2D eigenvalue weighted by Crippen LogP contribution is -2.57. The minimum atomic E-state index is -0.846. The lowest BCUT2D eigenvalue weighted by molar-refractivity contribution is -0.137. The molecule has 0 heterocycles. The van der Waals surface area contributed by atoms with Gasteiger partial charge in [0.25, 0.3) is 0 Å². The molecule has 5 nitrogen and oxygen atoms in total. The third-order valence-electron chi connectivity index (χ3n) is 3.64. The molecule has 1 aliphatic rings. The second kappa shape index (κ2) is 6.00. The van der Waals surface area contributed by atoms with Gasteiger partial charge in [0.15, 0.2) is 0 Å². The van der Waals surface area contributed by atoms with Gasteiger partial charge in [-0.1, -0.05) is 0 Å². The second-order valence-electron chi connectivity index (χ2n) is 5.00. The number of carboxylic acids is 1. The van der Waals surface area contributed by atoms with Crippen molar-refractivity contribution in [2.45, 2.75) is 44.1 Å². The van der Waals surface area contributed by atoms with E-state index in [1.54, 1.807) is 0 Å². The normalized spacial score (nSPS) is 17.6. The first-order chi connectivity index (χ1) is 7.96. The molecule has 0 spiro atoms. The summed E-state index contributed by atoms with van der Waals surface area (Å²) in [6.45, 7) is 0.673. The summed E-state index contributed by atoms with van der Waals surface area (Å²) in [6, 6.07) is 0. The van der Waals surface area contributed by atoms with Gasteiger partial charge in [-0.15, -0.1) is 0 Å². The highest BCUT2D eigenvalue weighted by Crippen LogP contribution is 2.35. The number of aliphatic carboxylic acids is 1. The zero-order valence-corrected chi connectivity index (χ0v) is 10.7. The summed E-state index contributed by atoms with van der Waals surface area (Å²) in [4.78, 5) is 24.0. The zero-order valence-electron chi connectivity index (χ0n) is 10.7. The summed E-state index contributed by atoms with van der Waals surface area (Å²) in [5, 5.41) is 11.4. The molecular weight excluding hydrogens is 220 g/mol. The van der Waals surface area contributed by atoms with Crippen molar-refractivity contribution < 1.29 is 14.7 Å². The quantitative estimate of drug-likeness (QED) is 0.694. The first-order valence-corrected chi connectivity index (χ1v) is 6.12. The van der Waals surface area contributed by atoms with Gasteiger partial charge < -0.3 is 15.3 Å². The molecule has 1 fully saturated rings. The average molecular weight is 242 g/mol. The Bertz CT molecular complexity index is 285. The van der Waals surface area contributed by atoms with Gasteiger partial charge in [-0.25, -0.2) is 0 Å². The molecule has 0 saturated heterocycles. The van der Waals surface area contributed by atoms with Crippen LogP contribution in [0.25, 0.3) is 0 Å². The standard InChI is InChI=1S/C12H22N2O3/c1-14(2)12(7-4-8-12)9-13-10(15)5-3-6-11(16)17/h3-9H2,1-2H3,(H,13,15)(H,16,17). The number of hydrogen-bond acceptors (Lipinski definition) is 3. The maximum absolute atomic E-state index is 11.5. The topological polar surface area (TPSA) is 69.6 Å². The zero-order chi connectivity index (χ0) is 12.9. The highest BCUT2D eigenvalue weighted by Gasteiger charge is 2.38. The number of nitrogens with one attached hydrogen (secondary N) is 1. The summed E-state index contributed by atoms with van der Waals surface area (Å²) in [7, 11) is 4.07. The van der Waals surface area contributed by atoms with Crippen molar-refractivity contribution in [2.24, 2.45) is 0 Å². The Kier molecular flexibility index (Phi) is 4.93. The number of carbonyl (C=O) groups is 2. The Morgan fingerprint density at radius 2 is 1.94 bits per heavy atom. The SMILES string of the molecule is CN(C)C1(CNC(=O)CCCC(=O)O)CCC1. The Hall–Kier alpha value is -1.10. The van der Waals surface area contributed by atoms with Crippen LogP contribution in [0.5, 0.6) is 0 Å². The van der Waals surface area contributed by atoms with Gasteiger partial charge in [0.1, 0.15) is 0 Å². The average Bonchev–Trinajstić information content (AvgIpc) is 2.14. The molecule has 0 unspecified atom stereocenters. The molecule has 0 aromatic carbocycles. The summed E-state index contributed by atoms with van der Waals surface area (Å²) in [6.07, 6.45) is 4.23. The minimum absolute atomic E-state index is 0.0422. The van der Waals surface area contributed by atoms with Crippen LogP contribution in [0.3, 0.4) is 0 Å². The fourth-order valence-electron chi connectivity index (χ4n) is 2.12. The number of hydrogen-bond donors (Lipinski definition) is 2. The summed E-state index contributed by atoms with van der Waals surface area (Å²) < 4.78 is 0. The van der Waals surface area contributed by atoms with Gasteiger partial charge in [-0.05, 0) is 39.8 Å². The Morgan fingerprint density at radius 1 is 1.29 bits per heavy atom. The highest BCUT2D eigenvalue weighted by molar-refractivity contribution is 5.76. The van der Waals surface area contributed by atoms with Gasteiger partial charge in [0, 0.05) is 24.9 Å². The van der Waals surface area contributed by atoms with Crippen molar-refractivity contribution in [3.05, 3.63) is 0 Å². The largest absolute Gasteiger partial charge is 0.481 e. The fraction of sp³-hybridized carbons (Fsp3) is 0.833. The predicted octanol–water partition coefficient (Wildman–Crippen LogP) is 0.842. The van der Waals surface area contributed by atoms with Crippen LogP contribution in [0.2, 0.25) is 0 Å². The number of likely N-dealkylation sites (N-methyl/N-ethyl adjacent to an activating group) is 1. The smallest absolute Gasteiger partial charge is 0.303 e. The molecule has 0 aromatic rings. The molecule has 0 aromatic heterocycles. The van der Waals surface area contributed by atoms with Crippen LogP contribution < -0.4 is 5.32 Å². The number of carbonyl (C=O) groups excluding carboxylic acids is 1. The van der Waals surface area contributed by atoms with E-state index < -0.39 is 5.97 Å². The Morgan fingerprint density at radius 3 is 2.35 bits per heavy atom. The van der Waals surface area contributed by atoms with Crippen molar-refractivity contribution in [2.75, 3.05) is 20.6 Å². The fourth-order valence-corrected chi connectivity index (χ4v) is 2.12. The van der Waals surface area contributed by atoms with E-state index in [4.69, 9.17) is 5.11 Å². The van der Waals surface area contributed by atoms with E-state index in [-0.39, 0.29) is 17.9 Å². The molecular formula is C12H22N2O3. The lowest BCUT2D eigenvalue weighted by atomic mass is 9.75. The van der Waals surface area contributed by atoms with Crippen molar-refractivity contribution in [1.82, 2.24) is 10.2 Å². The molecule has 1 rings (SSSR count). The molecule has 0 atom stereocenters. The van der Waals surface area contributed by atoms with Crippen LogP contribution >= 0.6 is 0 Å². The monoisotopic (exact) mass is 242 g/mol. The van der Waals surface area contributed by atoms with E-state index in [1.165, 1.54) is 6.42 Å². The molecule has 0 radical (unpaired) electrons. The lowest BCUT2D eigenvalue weighted by Gasteiger charge is -2.47. The van der Waals surface area contributed by atoms with Crippen LogP contribution in [-0.2, 0) is 9.59 Å². The van der Waals surface area contributed by atoms with E-state index >= 15 is 0 Å². The maximum Gasteiger partial charge on any atom is 0.303 e. The number of amides is 1. The highest BCUT2D eigenvalue weighted by atomic mass is 16.4. The van der Waals surface area contributed by atoms with E-state index in [0.29, 0.717) is 19.4 Å². The number of rotatable bonds is 7. The molecule has 2 N–H and O–H groups in total. The van der Waals surface area contributed by atoms with E-state index in [9.17, 15) is 9.59 Å². The van der Waals surface area contributed by atoms with Crippen molar-refractivity contribution in [1.29, 1.82) is 0 Å². The molecule has 1 amide bonds. The molecule has 5 heteroatoms. The van der Waals surface area contributed by atoms with Crippen LogP contribution in [0.4, 0.5) is 0 Å². The second-order valence-corrected chi connectivity index (χ2v) is 5.00. The van der Waals surface area contributed by atoms with Crippen molar-refractivity contribution >= 4 is 11.9 Å². The molecule has 1 saturated carbocycles. The first kappa shape index (κ1) is 14.0. The molecule has 0 aliphatic heterocycles. The van der Waals surface area contributed by atoms with Gasteiger partial charge in [-0.3, -0.25) is 9.59 Å². The van der Waals surface area contributed by atoms with Crippen LogP contribution in [0.1, 0.15) is 38.5 Å². The van der Waals surface area contributed by atoms with Crippen molar-refractivity contribution in [3.63, 3.8) is 0 Å². The van der Waals surface area contributed by atoms with Gasteiger partial charge in [-0.2, -0.15) is 0 Å². The van der Waals surface area contributed by atoms with Crippen molar-refractivity contribution in [3.8, 4) is 0 Å². The van der Waals surface area contributed by atoms with Gasteiger partial charge in [0.2, 0.25) is 5.91 Å². The molecule has 17 heavy (non-hydrogen) atoms. The predicted molar refractivity (Wildman–Crippen MR) is 64.8 cm³/mol. The number of nitrogens with zero attached hydrogens (tertiary/aromatic N) is 1. The first-order valence-electron chi connectivity index (χ1n) is 6.12. The summed E-state index contributed by atoms with van der Waals surface area (Å²) in [5.74, 6) is -0.888. The van der Waals surface area contributed by atoms with Gasteiger partial charge in [0.05, 0.1) is 0 Å².